The summed E-state index contributed by atoms with van der Waals surface area (Å²) in [5.41, 5.74) is 22.1. The van der Waals surface area contributed by atoms with Crippen LogP contribution in [0.15, 0.2) is 241 Å². The number of hydrogen-bond donors (Lipinski definition) is 0. The third-order valence-corrected chi connectivity index (χ3v) is 13.5. The molecule has 13 rings (SSSR count). The smallest absolute Gasteiger partial charge is 0.143 e. The van der Waals surface area contributed by atoms with Crippen LogP contribution in [0.3, 0.4) is 0 Å². The normalized spacial score (nSPS) is 12.9. The first kappa shape index (κ1) is 35.5. The molecule has 10 aromatic carbocycles. The summed E-state index contributed by atoms with van der Waals surface area (Å²) in [6.07, 6.45) is 0. The van der Waals surface area contributed by atoms with E-state index in [-0.39, 0.29) is 0 Å². The van der Waals surface area contributed by atoms with Crippen molar-refractivity contribution in [3.05, 3.63) is 259 Å². The van der Waals surface area contributed by atoms with Gasteiger partial charge in [0, 0.05) is 33.4 Å². The highest BCUT2D eigenvalue weighted by molar-refractivity contribution is 6.09. The van der Waals surface area contributed by atoms with Crippen molar-refractivity contribution in [3.63, 3.8) is 0 Å². The fraction of sp³-hybridized carbons (Fsp3) is 0.0164. The van der Waals surface area contributed by atoms with Gasteiger partial charge in [0.15, 0.2) is 0 Å². The fourth-order valence-corrected chi connectivity index (χ4v) is 10.7. The van der Waals surface area contributed by atoms with Crippen molar-refractivity contribution >= 4 is 39.0 Å². The molecule has 63 heavy (non-hydrogen) atoms. The molecular formula is C61H39NO. The highest BCUT2D eigenvalue weighted by Gasteiger charge is 2.51. The Balaban J connectivity index is 0.993. The number of fused-ring (bicyclic) bond motifs is 13. The SMILES string of the molecule is c1ccc(-c2ccc(-c3ccc(N(c4cccc(-c5cccc6c5oc5ccccc56)c4)c4ccc5c(c4)C4(c6ccccc6-c6ccccc64)c4ccccc4-5)cc3)cc2)cc1. The van der Waals surface area contributed by atoms with Crippen LogP contribution in [-0.2, 0) is 5.41 Å². The zero-order valence-corrected chi connectivity index (χ0v) is 34.4. The third-order valence-electron chi connectivity index (χ3n) is 13.5. The van der Waals surface area contributed by atoms with Crippen LogP contribution >= 0.6 is 0 Å². The average molecular weight is 802 g/mol. The maximum absolute atomic E-state index is 6.57. The van der Waals surface area contributed by atoms with E-state index in [1.165, 1.54) is 66.8 Å². The van der Waals surface area contributed by atoms with E-state index in [2.05, 4.69) is 235 Å². The summed E-state index contributed by atoms with van der Waals surface area (Å²) < 4.78 is 6.57. The molecule has 0 saturated heterocycles. The molecule has 0 saturated carbocycles. The van der Waals surface area contributed by atoms with Crippen molar-refractivity contribution < 1.29 is 4.42 Å². The van der Waals surface area contributed by atoms with E-state index in [1.807, 2.05) is 6.07 Å². The summed E-state index contributed by atoms with van der Waals surface area (Å²) in [5.74, 6) is 0. The molecule has 2 heteroatoms. The molecule has 2 nitrogen and oxygen atoms in total. The van der Waals surface area contributed by atoms with Gasteiger partial charge in [0.25, 0.3) is 0 Å². The van der Waals surface area contributed by atoms with Gasteiger partial charge in [-0.15, -0.1) is 0 Å². The monoisotopic (exact) mass is 801 g/mol. The summed E-state index contributed by atoms with van der Waals surface area (Å²) in [4.78, 5) is 2.42. The molecule has 0 amide bonds. The Labute approximate surface area is 366 Å². The Bertz CT molecular complexity index is 3500. The van der Waals surface area contributed by atoms with Gasteiger partial charge >= 0.3 is 0 Å². The Hall–Kier alpha value is -8.20. The van der Waals surface area contributed by atoms with Crippen molar-refractivity contribution in [2.75, 3.05) is 4.90 Å². The van der Waals surface area contributed by atoms with Crippen LogP contribution in [0.4, 0.5) is 17.1 Å². The van der Waals surface area contributed by atoms with E-state index < -0.39 is 5.41 Å². The molecule has 0 aliphatic heterocycles. The fourth-order valence-electron chi connectivity index (χ4n) is 10.7. The summed E-state index contributed by atoms with van der Waals surface area (Å²) in [6, 6.07) is 86.4. The molecular weight excluding hydrogens is 763 g/mol. The first-order chi connectivity index (χ1) is 31.2. The van der Waals surface area contributed by atoms with Crippen molar-refractivity contribution in [2.45, 2.75) is 5.41 Å². The maximum Gasteiger partial charge on any atom is 0.143 e. The molecule has 294 valence electrons. The van der Waals surface area contributed by atoms with Gasteiger partial charge in [0.05, 0.1) is 5.41 Å². The second-order valence-electron chi connectivity index (χ2n) is 16.8. The van der Waals surface area contributed by atoms with Gasteiger partial charge in [0.1, 0.15) is 11.2 Å². The lowest BCUT2D eigenvalue weighted by Gasteiger charge is -2.32. The number of hydrogen-bond acceptors (Lipinski definition) is 2. The van der Waals surface area contributed by atoms with Crippen LogP contribution in [0.1, 0.15) is 22.3 Å². The zero-order chi connectivity index (χ0) is 41.5. The minimum Gasteiger partial charge on any atom is -0.455 e. The van der Waals surface area contributed by atoms with Gasteiger partial charge in [-0.2, -0.15) is 0 Å². The number of furan rings is 1. The van der Waals surface area contributed by atoms with Crippen LogP contribution in [0, 0.1) is 0 Å². The summed E-state index contributed by atoms with van der Waals surface area (Å²) in [7, 11) is 0. The number of rotatable bonds is 6. The Kier molecular flexibility index (Phi) is 7.85. The minimum atomic E-state index is -0.449. The largest absolute Gasteiger partial charge is 0.455 e. The van der Waals surface area contributed by atoms with Crippen molar-refractivity contribution in [1.29, 1.82) is 0 Å². The van der Waals surface area contributed by atoms with Gasteiger partial charge in [0.2, 0.25) is 0 Å². The van der Waals surface area contributed by atoms with Crippen LogP contribution < -0.4 is 4.90 Å². The zero-order valence-electron chi connectivity index (χ0n) is 34.4. The molecule has 2 aliphatic rings. The lowest BCUT2D eigenvalue weighted by molar-refractivity contribution is 0.670. The molecule has 1 spiro atoms. The van der Waals surface area contributed by atoms with Gasteiger partial charge in [-0.1, -0.05) is 194 Å². The number of anilines is 3. The molecule has 11 aromatic rings. The maximum atomic E-state index is 6.57. The van der Waals surface area contributed by atoms with E-state index in [0.29, 0.717) is 0 Å². The van der Waals surface area contributed by atoms with E-state index >= 15 is 0 Å². The van der Waals surface area contributed by atoms with Gasteiger partial charge < -0.3 is 9.32 Å². The van der Waals surface area contributed by atoms with Gasteiger partial charge in [-0.25, -0.2) is 0 Å². The molecule has 0 radical (unpaired) electrons. The topological polar surface area (TPSA) is 16.4 Å². The van der Waals surface area contributed by atoms with Gasteiger partial charge in [-0.05, 0) is 115 Å². The van der Waals surface area contributed by atoms with Crippen molar-refractivity contribution in [1.82, 2.24) is 0 Å². The van der Waals surface area contributed by atoms with E-state index in [9.17, 15) is 0 Å². The van der Waals surface area contributed by atoms with E-state index in [4.69, 9.17) is 4.42 Å². The number of para-hydroxylation sites is 2. The quantitative estimate of drug-likeness (QED) is 0.167. The Morgan fingerprint density at radius 2 is 0.746 bits per heavy atom. The lowest BCUT2D eigenvalue weighted by Crippen LogP contribution is -2.26. The molecule has 0 atom stereocenters. The van der Waals surface area contributed by atoms with Crippen LogP contribution in [0.5, 0.6) is 0 Å². The number of benzene rings is 10. The molecule has 0 N–H and O–H groups in total. The van der Waals surface area contributed by atoms with Gasteiger partial charge in [-0.3, -0.25) is 0 Å². The Morgan fingerprint density at radius 1 is 0.286 bits per heavy atom. The second kappa shape index (κ2) is 13.9. The highest BCUT2D eigenvalue weighted by Crippen LogP contribution is 2.63. The second-order valence-corrected chi connectivity index (χ2v) is 16.8. The Morgan fingerprint density at radius 3 is 1.41 bits per heavy atom. The standard InChI is InChI=1S/C61H39NO/c1-2-14-40(15-3-1)41-28-30-42(31-29-41)43-32-34-45(35-33-43)62(46-17-12-16-44(38-46)48-22-13-23-54-53-21-7-11-27-59(53)63-60(48)54)47-36-37-52-51-20-6-10-26-57(51)61(58(52)39-47)55-24-8-4-18-49(55)50-19-5-9-25-56(50)61/h1-39H. The first-order valence-corrected chi connectivity index (χ1v) is 21.7. The molecule has 2 aliphatic carbocycles. The molecule has 1 heterocycles. The molecule has 1 aromatic heterocycles. The summed E-state index contributed by atoms with van der Waals surface area (Å²) in [6.45, 7) is 0. The summed E-state index contributed by atoms with van der Waals surface area (Å²) >= 11 is 0. The predicted octanol–water partition coefficient (Wildman–Crippen LogP) is 16.4. The molecule has 0 fully saturated rings. The van der Waals surface area contributed by atoms with E-state index in [1.54, 1.807) is 0 Å². The molecule has 0 bridgehead atoms. The predicted molar refractivity (Wildman–Crippen MR) is 261 cm³/mol. The number of nitrogens with zero attached hydrogens (tertiary/aromatic N) is 1. The van der Waals surface area contributed by atoms with Crippen LogP contribution in [-0.4, -0.2) is 0 Å². The van der Waals surface area contributed by atoms with Crippen LogP contribution in [0.25, 0.3) is 77.6 Å². The van der Waals surface area contributed by atoms with Crippen molar-refractivity contribution in [2.24, 2.45) is 0 Å². The molecule has 0 unspecified atom stereocenters. The highest BCUT2D eigenvalue weighted by atomic mass is 16.3. The van der Waals surface area contributed by atoms with E-state index in [0.717, 1.165) is 50.1 Å². The third kappa shape index (κ3) is 5.32. The minimum absolute atomic E-state index is 0.449. The summed E-state index contributed by atoms with van der Waals surface area (Å²) in [5, 5.41) is 2.25. The average Bonchev–Trinajstić information content (AvgIpc) is 3.99. The lowest BCUT2D eigenvalue weighted by atomic mass is 9.70. The van der Waals surface area contributed by atoms with Crippen molar-refractivity contribution in [3.8, 4) is 55.6 Å². The first-order valence-electron chi connectivity index (χ1n) is 21.7. The van der Waals surface area contributed by atoms with Crippen LogP contribution in [0.2, 0.25) is 0 Å².